The predicted molar refractivity (Wildman–Crippen MR) is 105 cm³/mol. The topological polar surface area (TPSA) is 58.5 Å². The van der Waals surface area contributed by atoms with Gasteiger partial charge in [-0.1, -0.05) is 6.07 Å². The van der Waals surface area contributed by atoms with E-state index in [4.69, 9.17) is 14.7 Å². The first-order valence-corrected chi connectivity index (χ1v) is 11.0. The van der Waals surface area contributed by atoms with E-state index in [-0.39, 0.29) is 6.61 Å². The molecule has 1 fully saturated rings. The number of fused-ring (bicyclic) bond motifs is 1. The Hall–Kier alpha value is -1.03. The highest BCUT2D eigenvalue weighted by atomic mass is 32.2. The van der Waals surface area contributed by atoms with Gasteiger partial charge in [-0.2, -0.15) is 0 Å². The van der Waals surface area contributed by atoms with Crippen LogP contribution in [0.3, 0.4) is 0 Å². The average molecular weight is 394 g/mol. The van der Waals surface area contributed by atoms with Crippen LogP contribution in [0, 0.1) is 0 Å². The standard InChI is InChI=1S/C17H19N3O2S3/c21-5-9-24-16-15-12(13-2-1-8-23-13)11-25-17(15)19-14(18-16)10-20-3-6-22-7-4-20/h1-2,8,11,21H,3-7,9-10H2. The summed E-state index contributed by atoms with van der Waals surface area (Å²) in [7, 11) is 0. The van der Waals surface area contributed by atoms with E-state index in [1.807, 2.05) is 0 Å². The summed E-state index contributed by atoms with van der Waals surface area (Å²) in [6, 6.07) is 4.20. The van der Waals surface area contributed by atoms with E-state index in [1.165, 1.54) is 10.4 Å². The van der Waals surface area contributed by atoms with Crippen molar-refractivity contribution in [3.8, 4) is 10.4 Å². The van der Waals surface area contributed by atoms with Crippen molar-refractivity contribution in [2.75, 3.05) is 38.7 Å². The molecule has 3 aromatic rings. The van der Waals surface area contributed by atoms with Crippen LogP contribution in [0.25, 0.3) is 20.7 Å². The van der Waals surface area contributed by atoms with Gasteiger partial charge in [-0.25, -0.2) is 9.97 Å². The first-order chi connectivity index (χ1) is 12.3. The van der Waals surface area contributed by atoms with Crippen LogP contribution in [0.2, 0.25) is 0 Å². The Balaban J connectivity index is 1.71. The van der Waals surface area contributed by atoms with Gasteiger partial charge in [0, 0.05) is 34.7 Å². The minimum atomic E-state index is 0.146. The third-order valence-corrected chi connectivity index (χ3v) is 6.76. The minimum absolute atomic E-state index is 0.146. The van der Waals surface area contributed by atoms with Crippen molar-refractivity contribution >= 4 is 44.7 Å². The molecular weight excluding hydrogens is 374 g/mol. The smallest absolute Gasteiger partial charge is 0.145 e. The van der Waals surface area contributed by atoms with Gasteiger partial charge in [-0.05, 0) is 11.4 Å². The zero-order chi connectivity index (χ0) is 17.1. The van der Waals surface area contributed by atoms with Gasteiger partial charge in [0.05, 0.1) is 31.8 Å². The molecule has 0 aliphatic carbocycles. The lowest BCUT2D eigenvalue weighted by Crippen LogP contribution is -2.36. The Morgan fingerprint density at radius 3 is 2.88 bits per heavy atom. The molecule has 1 N–H and O–H groups in total. The fraction of sp³-hybridized carbons (Fsp3) is 0.412. The minimum Gasteiger partial charge on any atom is -0.396 e. The van der Waals surface area contributed by atoms with Crippen molar-refractivity contribution in [2.45, 2.75) is 11.6 Å². The number of thiophene rings is 2. The van der Waals surface area contributed by atoms with E-state index >= 15 is 0 Å². The molecule has 0 spiro atoms. The Morgan fingerprint density at radius 1 is 1.24 bits per heavy atom. The Labute approximate surface area is 158 Å². The number of aromatic nitrogens is 2. The number of thioether (sulfide) groups is 1. The summed E-state index contributed by atoms with van der Waals surface area (Å²) in [4.78, 5) is 14.3. The molecule has 0 bridgehead atoms. The highest BCUT2D eigenvalue weighted by molar-refractivity contribution is 7.99. The molecule has 0 saturated carbocycles. The molecule has 4 rings (SSSR count). The summed E-state index contributed by atoms with van der Waals surface area (Å²) in [6.45, 7) is 4.29. The maximum Gasteiger partial charge on any atom is 0.145 e. The summed E-state index contributed by atoms with van der Waals surface area (Å²) < 4.78 is 5.42. The second-order valence-corrected chi connectivity index (χ2v) is 8.60. The van der Waals surface area contributed by atoms with Crippen molar-refractivity contribution in [3.63, 3.8) is 0 Å². The van der Waals surface area contributed by atoms with Gasteiger partial charge in [0.15, 0.2) is 0 Å². The number of nitrogens with zero attached hydrogens (tertiary/aromatic N) is 3. The zero-order valence-electron chi connectivity index (χ0n) is 13.7. The summed E-state index contributed by atoms with van der Waals surface area (Å²) in [6.07, 6.45) is 0. The van der Waals surface area contributed by atoms with E-state index in [2.05, 4.69) is 27.8 Å². The van der Waals surface area contributed by atoms with Crippen LogP contribution in [0.4, 0.5) is 0 Å². The number of morpholine rings is 1. The van der Waals surface area contributed by atoms with Crippen LogP contribution in [-0.4, -0.2) is 58.6 Å². The molecule has 1 aliphatic heterocycles. The first-order valence-electron chi connectivity index (χ1n) is 8.21. The molecule has 8 heteroatoms. The van der Waals surface area contributed by atoms with Gasteiger partial charge >= 0.3 is 0 Å². The van der Waals surface area contributed by atoms with Crippen LogP contribution in [0.1, 0.15) is 5.82 Å². The fourth-order valence-electron chi connectivity index (χ4n) is 2.84. The molecule has 25 heavy (non-hydrogen) atoms. The van der Waals surface area contributed by atoms with Crippen LogP contribution >= 0.6 is 34.4 Å². The molecule has 0 radical (unpaired) electrons. The number of rotatable bonds is 6. The molecule has 0 aromatic carbocycles. The third-order valence-electron chi connectivity index (χ3n) is 4.03. The lowest BCUT2D eigenvalue weighted by Gasteiger charge is -2.25. The molecule has 1 aliphatic rings. The predicted octanol–water partition coefficient (Wildman–Crippen LogP) is 3.34. The number of ether oxygens (including phenoxy) is 1. The monoisotopic (exact) mass is 393 g/mol. The number of aliphatic hydroxyl groups is 1. The van der Waals surface area contributed by atoms with Gasteiger partial charge < -0.3 is 9.84 Å². The average Bonchev–Trinajstić information content (AvgIpc) is 3.29. The zero-order valence-corrected chi connectivity index (χ0v) is 16.1. The van der Waals surface area contributed by atoms with Gasteiger partial charge in [0.2, 0.25) is 0 Å². The molecule has 4 heterocycles. The molecule has 0 unspecified atom stereocenters. The van der Waals surface area contributed by atoms with E-state index in [0.29, 0.717) is 5.75 Å². The molecule has 0 atom stereocenters. The number of aliphatic hydroxyl groups excluding tert-OH is 1. The van der Waals surface area contributed by atoms with Gasteiger partial charge in [0.1, 0.15) is 15.7 Å². The van der Waals surface area contributed by atoms with E-state index < -0.39 is 0 Å². The Bertz CT molecular complexity index is 829. The lowest BCUT2D eigenvalue weighted by molar-refractivity contribution is 0.0330. The van der Waals surface area contributed by atoms with Gasteiger partial charge in [-0.15, -0.1) is 34.4 Å². The van der Waals surface area contributed by atoms with Crippen LogP contribution in [0.15, 0.2) is 27.9 Å². The molecule has 3 aromatic heterocycles. The Morgan fingerprint density at radius 2 is 2.12 bits per heavy atom. The SMILES string of the molecule is OCCSc1nc(CN2CCOCC2)nc2scc(-c3cccs3)c12. The molecule has 5 nitrogen and oxygen atoms in total. The largest absolute Gasteiger partial charge is 0.396 e. The first kappa shape index (κ1) is 17.4. The quantitative estimate of drug-likeness (QED) is 0.512. The fourth-order valence-corrected chi connectivity index (χ4v) is 5.49. The lowest BCUT2D eigenvalue weighted by atomic mass is 10.2. The number of hydrogen-bond donors (Lipinski definition) is 1. The van der Waals surface area contributed by atoms with Crippen molar-refractivity contribution in [1.29, 1.82) is 0 Å². The summed E-state index contributed by atoms with van der Waals surface area (Å²) in [5, 5.41) is 15.6. The highest BCUT2D eigenvalue weighted by Gasteiger charge is 2.18. The maximum absolute atomic E-state index is 9.25. The normalized spacial score (nSPS) is 15.9. The van der Waals surface area contributed by atoms with Crippen molar-refractivity contribution in [3.05, 3.63) is 28.7 Å². The van der Waals surface area contributed by atoms with Crippen molar-refractivity contribution < 1.29 is 9.84 Å². The molecular formula is C17H19N3O2S3. The van der Waals surface area contributed by atoms with Crippen molar-refractivity contribution in [1.82, 2.24) is 14.9 Å². The van der Waals surface area contributed by atoms with Gasteiger partial charge in [-0.3, -0.25) is 4.90 Å². The van der Waals surface area contributed by atoms with E-state index in [1.54, 1.807) is 34.4 Å². The van der Waals surface area contributed by atoms with Crippen LogP contribution in [0.5, 0.6) is 0 Å². The molecule has 132 valence electrons. The van der Waals surface area contributed by atoms with Crippen molar-refractivity contribution in [2.24, 2.45) is 0 Å². The maximum atomic E-state index is 9.25. The summed E-state index contributed by atoms with van der Waals surface area (Å²) >= 11 is 5.01. The Kier molecular flexibility index (Phi) is 5.64. The molecule has 1 saturated heterocycles. The van der Waals surface area contributed by atoms with Crippen LogP contribution in [-0.2, 0) is 11.3 Å². The second kappa shape index (κ2) is 8.11. The summed E-state index contributed by atoms with van der Waals surface area (Å²) in [5.41, 5.74) is 1.20. The number of hydrogen-bond acceptors (Lipinski definition) is 8. The second-order valence-electron chi connectivity index (χ2n) is 5.71. The highest BCUT2D eigenvalue weighted by Crippen LogP contribution is 2.40. The van der Waals surface area contributed by atoms with Gasteiger partial charge in [0.25, 0.3) is 0 Å². The third kappa shape index (κ3) is 3.89. The molecule has 0 amide bonds. The van der Waals surface area contributed by atoms with E-state index in [9.17, 15) is 5.11 Å². The van der Waals surface area contributed by atoms with E-state index in [0.717, 1.165) is 53.9 Å². The van der Waals surface area contributed by atoms with Crippen LogP contribution < -0.4 is 0 Å². The summed E-state index contributed by atoms with van der Waals surface area (Å²) in [5.74, 6) is 1.50.